The van der Waals surface area contributed by atoms with E-state index in [9.17, 15) is 24.5 Å². The standard InChI is InChI=1S/C36H46BNO7/c1-3-10-23(20-24-16-17-30(39)27-13-8-7-12-26(24)27)15-18-31-33-25(11-4-2)21-28-34(29(33)22-37(44)45-31)36(43)38(35(28)42)19-9-5-6-14-32(40)41/h7-8,12-13,16-17,20,28-29,31,34,39,44H,3-6,9-11,14-15,18-19,21-22H2,1-2H3,(H,40,41)/b23-20+/t28-,29+,31-,34-/m1/s1. The van der Waals surface area contributed by atoms with Crippen molar-refractivity contribution in [3.05, 3.63) is 58.7 Å². The van der Waals surface area contributed by atoms with Crippen LogP contribution in [0.5, 0.6) is 5.75 Å². The molecule has 0 unspecified atom stereocenters. The summed E-state index contributed by atoms with van der Waals surface area (Å²) >= 11 is 0. The van der Waals surface area contributed by atoms with E-state index in [4.69, 9.17) is 9.76 Å². The van der Waals surface area contributed by atoms with Crippen LogP contribution in [-0.4, -0.2) is 57.7 Å². The van der Waals surface area contributed by atoms with Gasteiger partial charge in [-0.25, -0.2) is 0 Å². The molecule has 9 heteroatoms. The molecule has 0 bridgehead atoms. The zero-order valence-electron chi connectivity index (χ0n) is 26.5. The molecule has 4 atom stereocenters. The van der Waals surface area contributed by atoms with E-state index in [0.29, 0.717) is 45.0 Å². The van der Waals surface area contributed by atoms with Crippen LogP contribution in [0, 0.1) is 17.8 Å². The molecule has 0 aromatic heterocycles. The summed E-state index contributed by atoms with van der Waals surface area (Å²) in [6.07, 6.45) is 9.68. The number of rotatable bonds is 14. The fourth-order valence-corrected chi connectivity index (χ4v) is 7.87. The third-order valence-electron chi connectivity index (χ3n) is 9.82. The number of hydrogen-bond donors (Lipinski definition) is 3. The maximum Gasteiger partial charge on any atom is 0.455 e. The second-order valence-electron chi connectivity index (χ2n) is 12.9. The molecule has 2 amide bonds. The minimum absolute atomic E-state index is 0.0862. The molecule has 2 aliphatic heterocycles. The number of carbonyl (C=O) groups is 3. The Labute approximate surface area is 266 Å². The van der Waals surface area contributed by atoms with Crippen LogP contribution in [0.4, 0.5) is 0 Å². The average Bonchev–Trinajstić information content (AvgIpc) is 3.25. The molecule has 2 fully saturated rings. The number of phenols is 1. The molecule has 5 rings (SSSR count). The van der Waals surface area contributed by atoms with Crippen molar-refractivity contribution in [2.45, 2.75) is 96.9 Å². The Balaban J connectivity index is 1.37. The molecule has 240 valence electrons. The molecule has 0 radical (unpaired) electrons. The summed E-state index contributed by atoms with van der Waals surface area (Å²) < 4.78 is 6.23. The van der Waals surface area contributed by atoms with Crippen molar-refractivity contribution in [1.82, 2.24) is 4.90 Å². The molecular formula is C36H46BNO7. The van der Waals surface area contributed by atoms with E-state index in [1.54, 1.807) is 6.07 Å². The van der Waals surface area contributed by atoms with Crippen molar-refractivity contribution in [3.8, 4) is 5.75 Å². The lowest BCUT2D eigenvalue weighted by Gasteiger charge is -2.43. The number of aliphatic carboxylic acids is 1. The van der Waals surface area contributed by atoms with E-state index < -0.39 is 24.9 Å². The summed E-state index contributed by atoms with van der Waals surface area (Å²) in [5, 5.41) is 32.0. The van der Waals surface area contributed by atoms with Crippen LogP contribution >= 0.6 is 0 Å². The number of unbranched alkanes of at least 4 members (excludes halogenated alkanes) is 2. The number of benzene rings is 2. The van der Waals surface area contributed by atoms with Crippen molar-refractivity contribution in [1.29, 1.82) is 0 Å². The highest BCUT2D eigenvalue weighted by atomic mass is 16.5. The van der Waals surface area contributed by atoms with Crippen LogP contribution in [0.3, 0.4) is 0 Å². The van der Waals surface area contributed by atoms with Gasteiger partial charge in [-0.15, -0.1) is 0 Å². The number of aromatic hydroxyl groups is 1. The highest BCUT2D eigenvalue weighted by Crippen LogP contribution is 2.51. The summed E-state index contributed by atoms with van der Waals surface area (Å²) in [6, 6.07) is 11.5. The van der Waals surface area contributed by atoms with Gasteiger partial charge in [-0.2, -0.15) is 0 Å². The number of fused-ring (bicyclic) bond motifs is 4. The van der Waals surface area contributed by atoms with E-state index in [1.165, 1.54) is 16.0 Å². The molecule has 2 saturated heterocycles. The summed E-state index contributed by atoms with van der Waals surface area (Å²) in [7, 11) is -1.00. The van der Waals surface area contributed by atoms with Crippen LogP contribution in [0.2, 0.25) is 6.32 Å². The topological polar surface area (TPSA) is 124 Å². The number of likely N-dealkylation sites (tertiary alicyclic amines) is 1. The highest BCUT2D eigenvalue weighted by molar-refractivity contribution is 6.43. The van der Waals surface area contributed by atoms with E-state index in [1.807, 2.05) is 30.3 Å². The minimum atomic E-state index is -1.00. The molecule has 3 aliphatic rings. The van der Waals surface area contributed by atoms with Gasteiger partial charge in [-0.1, -0.05) is 80.7 Å². The van der Waals surface area contributed by atoms with Gasteiger partial charge in [0.05, 0.1) is 17.9 Å². The number of carbonyl (C=O) groups excluding carboxylic acids is 2. The van der Waals surface area contributed by atoms with Gasteiger partial charge in [-0.05, 0) is 79.8 Å². The Kier molecular flexibility index (Phi) is 10.8. The number of hydrogen-bond acceptors (Lipinski definition) is 6. The first-order valence-electron chi connectivity index (χ1n) is 16.8. The van der Waals surface area contributed by atoms with Crippen LogP contribution < -0.4 is 0 Å². The number of allylic oxidation sites excluding steroid dienone is 2. The maximum atomic E-state index is 13.8. The van der Waals surface area contributed by atoms with Crippen molar-refractivity contribution < 1.29 is 34.3 Å². The number of imide groups is 1. The van der Waals surface area contributed by atoms with Gasteiger partial charge in [-0.3, -0.25) is 19.3 Å². The second-order valence-corrected chi connectivity index (χ2v) is 12.9. The largest absolute Gasteiger partial charge is 0.507 e. The van der Waals surface area contributed by atoms with E-state index in [0.717, 1.165) is 54.0 Å². The van der Waals surface area contributed by atoms with Gasteiger partial charge < -0.3 is 19.9 Å². The SMILES string of the molecule is CCCC1=C2[C@@H](CC/C(=C/c3ccc(O)c4ccccc34)CCC)OB(O)C[C@@H]2[C@@H]2C(=O)N(CCCCCC(=O)O)C(=O)[C@@H]2C1. The molecule has 3 N–H and O–H groups in total. The van der Waals surface area contributed by atoms with Gasteiger partial charge in [0.1, 0.15) is 5.75 Å². The number of nitrogens with zero attached hydrogens (tertiary/aromatic N) is 1. The summed E-state index contributed by atoms with van der Waals surface area (Å²) in [4.78, 5) is 39.6. The van der Waals surface area contributed by atoms with Gasteiger partial charge >= 0.3 is 13.1 Å². The Morgan fingerprint density at radius 2 is 1.76 bits per heavy atom. The van der Waals surface area contributed by atoms with Crippen LogP contribution in [0.25, 0.3) is 16.8 Å². The molecular weight excluding hydrogens is 569 g/mol. The molecule has 2 aromatic rings. The van der Waals surface area contributed by atoms with Crippen LogP contribution in [0.15, 0.2) is 53.1 Å². The third kappa shape index (κ3) is 7.20. The number of carboxylic acid groups (broad SMARTS) is 1. The summed E-state index contributed by atoms with van der Waals surface area (Å²) in [6.45, 7) is 4.59. The zero-order valence-corrected chi connectivity index (χ0v) is 26.5. The van der Waals surface area contributed by atoms with E-state index >= 15 is 0 Å². The monoisotopic (exact) mass is 615 g/mol. The average molecular weight is 616 g/mol. The number of amides is 2. The lowest BCUT2D eigenvalue weighted by molar-refractivity contribution is -0.141. The van der Waals surface area contributed by atoms with Crippen LogP contribution in [-0.2, 0) is 19.0 Å². The summed E-state index contributed by atoms with van der Waals surface area (Å²) in [5.74, 6) is -1.97. The van der Waals surface area contributed by atoms with Crippen molar-refractivity contribution in [3.63, 3.8) is 0 Å². The molecule has 8 nitrogen and oxygen atoms in total. The Morgan fingerprint density at radius 1 is 0.978 bits per heavy atom. The first-order valence-corrected chi connectivity index (χ1v) is 16.8. The van der Waals surface area contributed by atoms with Crippen LogP contribution in [0.1, 0.15) is 90.0 Å². The predicted octanol–water partition coefficient (Wildman–Crippen LogP) is 6.75. The maximum absolute atomic E-state index is 13.8. The fourth-order valence-electron chi connectivity index (χ4n) is 7.87. The minimum Gasteiger partial charge on any atom is -0.507 e. The quantitative estimate of drug-likeness (QED) is 0.0930. The highest BCUT2D eigenvalue weighted by Gasteiger charge is 2.56. The smallest absolute Gasteiger partial charge is 0.455 e. The molecule has 2 heterocycles. The zero-order chi connectivity index (χ0) is 32.1. The second kappa shape index (κ2) is 14.8. The fraction of sp³-hybridized carbons (Fsp3) is 0.528. The Hall–Kier alpha value is -3.43. The lowest BCUT2D eigenvalue weighted by Crippen LogP contribution is -2.46. The molecule has 1 aliphatic carbocycles. The number of carboxylic acids is 1. The van der Waals surface area contributed by atoms with Gasteiger partial charge in [0.2, 0.25) is 11.8 Å². The van der Waals surface area contributed by atoms with E-state index in [-0.39, 0.29) is 36.0 Å². The lowest BCUT2D eigenvalue weighted by atomic mass is 9.58. The third-order valence-corrected chi connectivity index (χ3v) is 9.82. The van der Waals surface area contributed by atoms with Gasteiger partial charge in [0.15, 0.2) is 0 Å². The Morgan fingerprint density at radius 3 is 2.49 bits per heavy atom. The molecule has 2 aromatic carbocycles. The van der Waals surface area contributed by atoms with Crippen molar-refractivity contribution in [2.75, 3.05) is 6.54 Å². The Bertz CT molecular complexity index is 1480. The van der Waals surface area contributed by atoms with Crippen molar-refractivity contribution in [2.24, 2.45) is 17.8 Å². The number of phenolic OH excluding ortho intramolecular Hbond substituents is 1. The summed E-state index contributed by atoms with van der Waals surface area (Å²) in [5.41, 5.74) is 4.65. The molecule has 45 heavy (non-hydrogen) atoms. The normalized spacial score (nSPS) is 23.6. The molecule has 0 spiro atoms. The van der Waals surface area contributed by atoms with Gasteiger partial charge in [0, 0.05) is 18.4 Å². The predicted molar refractivity (Wildman–Crippen MR) is 175 cm³/mol. The first-order chi connectivity index (χ1) is 21.7. The van der Waals surface area contributed by atoms with Gasteiger partial charge in [0.25, 0.3) is 0 Å². The molecule has 0 saturated carbocycles. The first kappa shape index (κ1) is 33.0. The van der Waals surface area contributed by atoms with E-state index in [2.05, 4.69) is 19.9 Å². The van der Waals surface area contributed by atoms with Crippen molar-refractivity contribution >= 4 is 41.8 Å².